The number of nitrogens with zero attached hydrogens (tertiary/aromatic N) is 2. The van der Waals surface area contributed by atoms with E-state index in [0.29, 0.717) is 10.8 Å². The summed E-state index contributed by atoms with van der Waals surface area (Å²) in [5.74, 6) is -0.0250. The van der Waals surface area contributed by atoms with Crippen LogP contribution in [0.15, 0.2) is 18.3 Å². The zero-order valence-corrected chi connectivity index (χ0v) is 9.08. The monoisotopic (exact) mass is 224 g/mol. The van der Waals surface area contributed by atoms with E-state index in [4.69, 9.17) is 16.3 Å². The minimum atomic E-state index is -0.395. The lowest BCUT2D eigenvalue weighted by atomic mass is 10.2. The molecule has 1 aromatic heterocycles. The van der Waals surface area contributed by atoms with Crippen molar-refractivity contribution in [3.8, 4) is 5.75 Å². The molecule has 0 saturated heterocycles. The van der Waals surface area contributed by atoms with Gasteiger partial charge in [0.15, 0.2) is 5.75 Å². The van der Waals surface area contributed by atoms with Crippen molar-refractivity contribution in [2.45, 2.75) is 6.92 Å². The summed E-state index contributed by atoms with van der Waals surface area (Å²) in [6, 6.07) is 3.44. The number of hydrogen-bond acceptors (Lipinski definition) is 3. The lowest BCUT2D eigenvalue weighted by Gasteiger charge is -2.03. The maximum Gasteiger partial charge on any atom is 0.308 e. The molecule has 1 aromatic carbocycles. The van der Waals surface area contributed by atoms with Gasteiger partial charge in [-0.05, 0) is 12.1 Å². The highest BCUT2D eigenvalue weighted by Crippen LogP contribution is 2.32. The van der Waals surface area contributed by atoms with E-state index < -0.39 is 5.97 Å². The van der Waals surface area contributed by atoms with Gasteiger partial charge in [0, 0.05) is 20.2 Å². The largest absolute Gasteiger partial charge is 0.424 e. The van der Waals surface area contributed by atoms with Gasteiger partial charge in [-0.25, -0.2) is 0 Å². The van der Waals surface area contributed by atoms with Gasteiger partial charge >= 0.3 is 5.97 Å². The topological polar surface area (TPSA) is 44.1 Å². The quantitative estimate of drug-likeness (QED) is 0.551. The van der Waals surface area contributed by atoms with E-state index in [-0.39, 0.29) is 0 Å². The smallest absolute Gasteiger partial charge is 0.308 e. The molecule has 2 aromatic rings. The van der Waals surface area contributed by atoms with Crippen LogP contribution in [0.3, 0.4) is 0 Å². The first-order valence-electron chi connectivity index (χ1n) is 4.38. The Labute approximate surface area is 91.4 Å². The van der Waals surface area contributed by atoms with Gasteiger partial charge in [-0.1, -0.05) is 11.6 Å². The van der Waals surface area contributed by atoms with Gasteiger partial charge in [0.1, 0.15) is 0 Å². The van der Waals surface area contributed by atoms with Crippen molar-refractivity contribution < 1.29 is 9.53 Å². The molecule has 5 heteroatoms. The summed E-state index contributed by atoms with van der Waals surface area (Å²) < 4.78 is 6.69. The zero-order valence-electron chi connectivity index (χ0n) is 8.32. The molecular formula is C10H9ClN2O2. The number of fused-ring (bicyclic) bond motifs is 1. The predicted molar refractivity (Wildman–Crippen MR) is 57.0 cm³/mol. The number of benzene rings is 1. The van der Waals surface area contributed by atoms with Crippen LogP contribution in [0.1, 0.15) is 6.92 Å². The van der Waals surface area contributed by atoms with Crippen LogP contribution >= 0.6 is 11.6 Å². The molecule has 0 aliphatic rings. The Kier molecular flexibility index (Phi) is 2.36. The van der Waals surface area contributed by atoms with Crippen LogP contribution in [-0.4, -0.2) is 15.7 Å². The summed E-state index contributed by atoms with van der Waals surface area (Å²) in [4.78, 5) is 10.9. The van der Waals surface area contributed by atoms with Gasteiger partial charge in [0.05, 0.1) is 15.9 Å². The van der Waals surface area contributed by atoms with Crippen LogP contribution < -0.4 is 4.74 Å². The lowest BCUT2D eigenvalue weighted by Crippen LogP contribution is -2.02. The van der Waals surface area contributed by atoms with Crippen molar-refractivity contribution >= 4 is 28.5 Å². The number of ether oxygens (including phenoxy) is 1. The molecule has 0 amide bonds. The van der Waals surface area contributed by atoms with Crippen molar-refractivity contribution in [2.24, 2.45) is 7.05 Å². The second kappa shape index (κ2) is 3.55. The normalized spacial score (nSPS) is 10.6. The second-order valence-electron chi connectivity index (χ2n) is 3.21. The highest BCUT2D eigenvalue weighted by Gasteiger charge is 2.11. The maximum absolute atomic E-state index is 10.9. The van der Waals surface area contributed by atoms with Gasteiger partial charge in [0.25, 0.3) is 0 Å². The van der Waals surface area contributed by atoms with Crippen molar-refractivity contribution in [2.75, 3.05) is 0 Å². The number of carbonyl (C=O) groups is 1. The molecular weight excluding hydrogens is 216 g/mol. The molecule has 0 saturated carbocycles. The van der Waals surface area contributed by atoms with Crippen LogP contribution in [-0.2, 0) is 11.8 Å². The molecule has 4 nitrogen and oxygen atoms in total. The minimum Gasteiger partial charge on any atom is -0.424 e. The summed E-state index contributed by atoms with van der Waals surface area (Å²) in [6.07, 6.45) is 1.76. The summed E-state index contributed by atoms with van der Waals surface area (Å²) in [5, 5.41) is 5.33. The van der Waals surface area contributed by atoms with Crippen LogP contribution in [0.2, 0.25) is 5.02 Å². The molecule has 0 unspecified atom stereocenters. The van der Waals surface area contributed by atoms with Crippen molar-refractivity contribution in [1.29, 1.82) is 0 Å². The second-order valence-corrected chi connectivity index (χ2v) is 3.61. The van der Waals surface area contributed by atoms with E-state index in [1.807, 2.05) is 0 Å². The fraction of sp³-hybridized carbons (Fsp3) is 0.200. The maximum atomic E-state index is 10.9. The van der Waals surface area contributed by atoms with E-state index in [9.17, 15) is 4.79 Å². The minimum absolute atomic E-state index is 0.370. The number of aromatic nitrogens is 2. The Morgan fingerprint density at radius 3 is 2.93 bits per heavy atom. The standard InChI is InChI=1S/C10H9ClN2O2/c1-6(14)15-10-7-5-13(2)12-9(7)4-3-8(10)11/h3-5H,1-2H3. The fourth-order valence-corrected chi connectivity index (χ4v) is 1.61. The van der Waals surface area contributed by atoms with Gasteiger partial charge in [-0.15, -0.1) is 0 Å². The SMILES string of the molecule is CC(=O)Oc1c(Cl)ccc2nn(C)cc12. The van der Waals surface area contributed by atoms with Crippen molar-refractivity contribution in [1.82, 2.24) is 9.78 Å². The molecule has 0 aliphatic carbocycles. The summed E-state index contributed by atoms with van der Waals surface area (Å²) in [6.45, 7) is 1.34. The number of esters is 1. The van der Waals surface area contributed by atoms with Gasteiger partial charge in [0.2, 0.25) is 0 Å². The highest BCUT2D eigenvalue weighted by molar-refractivity contribution is 6.33. The number of halogens is 1. The van der Waals surface area contributed by atoms with Gasteiger partial charge in [-0.2, -0.15) is 5.10 Å². The molecule has 0 atom stereocenters. The van der Waals surface area contributed by atoms with Crippen molar-refractivity contribution in [3.05, 3.63) is 23.4 Å². The van der Waals surface area contributed by atoms with Crippen LogP contribution in [0, 0.1) is 0 Å². The average Bonchev–Trinajstić information content (AvgIpc) is 2.51. The molecule has 0 N–H and O–H groups in total. The molecule has 0 fully saturated rings. The Morgan fingerprint density at radius 2 is 2.27 bits per heavy atom. The van der Waals surface area contributed by atoms with Crippen LogP contribution in [0.25, 0.3) is 10.9 Å². The van der Waals surface area contributed by atoms with Gasteiger partial charge < -0.3 is 4.74 Å². The first-order valence-corrected chi connectivity index (χ1v) is 4.76. The molecule has 2 rings (SSSR count). The third-order valence-corrected chi connectivity index (χ3v) is 2.25. The molecule has 0 aliphatic heterocycles. The number of aryl methyl sites for hydroxylation is 1. The summed E-state index contributed by atoms with van der Waals surface area (Å²) in [7, 11) is 1.80. The predicted octanol–water partition coefficient (Wildman–Crippen LogP) is 2.15. The lowest BCUT2D eigenvalue weighted by molar-refractivity contribution is -0.131. The van der Waals surface area contributed by atoms with E-state index >= 15 is 0 Å². The Hall–Kier alpha value is -1.55. The van der Waals surface area contributed by atoms with E-state index in [2.05, 4.69) is 5.10 Å². The van der Waals surface area contributed by atoms with Crippen LogP contribution in [0.5, 0.6) is 5.75 Å². The Bertz CT molecular complexity index is 533. The molecule has 0 radical (unpaired) electrons. The third-order valence-electron chi connectivity index (χ3n) is 1.95. The first kappa shape index (κ1) is 9.98. The number of hydrogen-bond donors (Lipinski definition) is 0. The van der Waals surface area contributed by atoms with E-state index in [0.717, 1.165) is 10.9 Å². The van der Waals surface area contributed by atoms with Gasteiger partial charge in [-0.3, -0.25) is 9.48 Å². The first-order chi connectivity index (χ1) is 7.08. The molecule has 0 bridgehead atoms. The van der Waals surface area contributed by atoms with Crippen LogP contribution in [0.4, 0.5) is 0 Å². The summed E-state index contributed by atoms with van der Waals surface area (Å²) in [5.41, 5.74) is 0.748. The number of carbonyl (C=O) groups excluding carboxylic acids is 1. The Balaban J connectivity index is 2.67. The highest BCUT2D eigenvalue weighted by atomic mass is 35.5. The third kappa shape index (κ3) is 1.80. The average molecular weight is 225 g/mol. The van der Waals surface area contributed by atoms with E-state index in [1.165, 1.54) is 6.92 Å². The molecule has 78 valence electrons. The molecule has 15 heavy (non-hydrogen) atoms. The fourth-order valence-electron chi connectivity index (χ4n) is 1.41. The zero-order chi connectivity index (χ0) is 11.0. The molecule has 1 heterocycles. The summed E-state index contributed by atoms with van der Waals surface area (Å²) >= 11 is 5.94. The van der Waals surface area contributed by atoms with E-state index in [1.54, 1.807) is 30.1 Å². The van der Waals surface area contributed by atoms with Crippen molar-refractivity contribution in [3.63, 3.8) is 0 Å². The number of rotatable bonds is 1. The Morgan fingerprint density at radius 1 is 1.53 bits per heavy atom. The molecule has 0 spiro atoms.